The van der Waals surface area contributed by atoms with Gasteiger partial charge in [-0.3, -0.25) is 15.0 Å². The second kappa shape index (κ2) is 8.99. The third-order valence-electron chi connectivity index (χ3n) is 6.82. The van der Waals surface area contributed by atoms with Crippen molar-refractivity contribution >= 4 is 17.5 Å². The molecule has 3 aliphatic heterocycles. The zero-order valence-electron chi connectivity index (χ0n) is 18.7. The standard InChI is InChI=1S/C23H31N7O2/c1-26-11-13-29(14-12-26)23-24-21-7-10-27(16-18-5-4-6-19(15-18)30(31)32)17-20(21)22(25-23)28-8-2-3-9-28/h4-6,15H,2-3,7-14,16-17H2,1H3. The molecule has 3 aliphatic rings. The van der Waals surface area contributed by atoms with E-state index in [0.717, 1.165) is 76.1 Å². The van der Waals surface area contributed by atoms with Gasteiger partial charge in [0.25, 0.3) is 5.69 Å². The Morgan fingerprint density at radius 3 is 2.53 bits per heavy atom. The SMILES string of the molecule is CN1CCN(c2nc3c(c(N4CCCC4)n2)CN(Cc2cccc([N+](=O)[O-])c2)CC3)CC1. The first-order chi connectivity index (χ1) is 15.6. The molecule has 2 fully saturated rings. The van der Waals surface area contributed by atoms with E-state index >= 15 is 0 Å². The van der Waals surface area contributed by atoms with Gasteiger partial charge < -0.3 is 14.7 Å². The van der Waals surface area contributed by atoms with E-state index in [1.165, 1.54) is 24.1 Å². The molecule has 32 heavy (non-hydrogen) atoms. The number of nitro benzene ring substituents is 1. The van der Waals surface area contributed by atoms with Gasteiger partial charge in [0, 0.05) is 83.0 Å². The molecule has 2 saturated heterocycles. The average molecular weight is 438 g/mol. The minimum atomic E-state index is -0.325. The van der Waals surface area contributed by atoms with Crippen LogP contribution >= 0.6 is 0 Å². The van der Waals surface area contributed by atoms with Crippen molar-refractivity contribution in [2.24, 2.45) is 0 Å². The highest BCUT2D eigenvalue weighted by Gasteiger charge is 2.28. The number of fused-ring (bicyclic) bond motifs is 1. The topological polar surface area (TPSA) is 81.9 Å². The van der Waals surface area contributed by atoms with Crippen molar-refractivity contribution in [3.05, 3.63) is 51.2 Å². The van der Waals surface area contributed by atoms with Crippen molar-refractivity contribution in [2.75, 3.05) is 62.7 Å². The summed E-state index contributed by atoms with van der Waals surface area (Å²) in [6.45, 7) is 8.49. The molecular weight excluding hydrogens is 406 g/mol. The Kier molecular flexibility index (Phi) is 5.93. The van der Waals surface area contributed by atoms with E-state index in [1.54, 1.807) is 18.2 Å². The third-order valence-corrected chi connectivity index (χ3v) is 6.82. The highest BCUT2D eigenvalue weighted by molar-refractivity contribution is 5.55. The Balaban J connectivity index is 1.40. The van der Waals surface area contributed by atoms with E-state index in [9.17, 15) is 10.1 Å². The summed E-state index contributed by atoms with van der Waals surface area (Å²) in [4.78, 5) is 30.4. The number of likely N-dealkylation sites (N-methyl/N-ethyl adjacent to an activating group) is 1. The monoisotopic (exact) mass is 437 g/mol. The van der Waals surface area contributed by atoms with Gasteiger partial charge in [-0.2, -0.15) is 4.98 Å². The molecule has 0 bridgehead atoms. The summed E-state index contributed by atoms with van der Waals surface area (Å²) >= 11 is 0. The number of piperazine rings is 1. The first-order valence-corrected chi connectivity index (χ1v) is 11.6. The maximum absolute atomic E-state index is 11.1. The lowest BCUT2D eigenvalue weighted by atomic mass is 10.0. The van der Waals surface area contributed by atoms with Gasteiger partial charge in [0.05, 0.1) is 10.6 Å². The second-order valence-corrected chi connectivity index (χ2v) is 9.14. The molecule has 0 atom stereocenters. The Labute approximate surface area is 188 Å². The van der Waals surface area contributed by atoms with Crippen LogP contribution in [0.25, 0.3) is 0 Å². The predicted octanol–water partition coefficient (Wildman–Crippen LogP) is 2.30. The van der Waals surface area contributed by atoms with Crippen molar-refractivity contribution in [2.45, 2.75) is 32.4 Å². The number of rotatable bonds is 5. The number of nitrogens with zero attached hydrogens (tertiary/aromatic N) is 7. The summed E-state index contributed by atoms with van der Waals surface area (Å²) < 4.78 is 0. The molecule has 1 aromatic carbocycles. The lowest BCUT2D eigenvalue weighted by molar-refractivity contribution is -0.384. The van der Waals surface area contributed by atoms with Crippen LogP contribution in [0.4, 0.5) is 17.5 Å². The number of benzene rings is 1. The molecule has 0 N–H and O–H groups in total. The lowest BCUT2D eigenvalue weighted by Gasteiger charge is -2.35. The lowest BCUT2D eigenvalue weighted by Crippen LogP contribution is -2.45. The van der Waals surface area contributed by atoms with Crippen molar-refractivity contribution in [3.63, 3.8) is 0 Å². The van der Waals surface area contributed by atoms with Crippen molar-refractivity contribution < 1.29 is 4.92 Å². The molecule has 0 radical (unpaired) electrons. The van der Waals surface area contributed by atoms with Crippen molar-refractivity contribution in [3.8, 4) is 0 Å². The van der Waals surface area contributed by atoms with Gasteiger partial charge in [-0.15, -0.1) is 0 Å². The number of anilines is 2. The molecule has 1 aromatic heterocycles. The molecule has 0 saturated carbocycles. The molecule has 4 heterocycles. The van der Waals surface area contributed by atoms with Gasteiger partial charge in [-0.1, -0.05) is 12.1 Å². The van der Waals surface area contributed by atoms with Gasteiger partial charge in [0.15, 0.2) is 0 Å². The molecule has 0 spiro atoms. The number of hydrogen-bond acceptors (Lipinski definition) is 8. The van der Waals surface area contributed by atoms with Gasteiger partial charge in [0.2, 0.25) is 5.95 Å². The zero-order valence-corrected chi connectivity index (χ0v) is 18.7. The van der Waals surface area contributed by atoms with Crippen molar-refractivity contribution in [1.29, 1.82) is 0 Å². The fraction of sp³-hybridized carbons (Fsp3) is 0.565. The molecule has 2 aromatic rings. The summed E-state index contributed by atoms with van der Waals surface area (Å²) in [6.07, 6.45) is 3.30. The second-order valence-electron chi connectivity index (χ2n) is 9.14. The molecule has 5 rings (SSSR count). The van der Waals surface area contributed by atoms with Crippen LogP contribution in [0.5, 0.6) is 0 Å². The highest BCUT2D eigenvalue weighted by Crippen LogP contribution is 2.32. The van der Waals surface area contributed by atoms with Crippen LogP contribution in [0, 0.1) is 10.1 Å². The summed E-state index contributed by atoms with van der Waals surface area (Å²) in [5.74, 6) is 1.98. The molecule has 170 valence electrons. The first-order valence-electron chi connectivity index (χ1n) is 11.6. The highest BCUT2D eigenvalue weighted by atomic mass is 16.6. The van der Waals surface area contributed by atoms with Crippen LogP contribution in [-0.2, 0) is 19.5 Å². The largest absolute Gasteiger partial charge is 0.356 e. The molecular formula is C23H31N7O2. The minimum absolute atomic E-state index is 0.151. The fourth-order valence-electron chi connectivity index (χ4n) is 4.94. The smallest absolute Gasteiger partial charge is 0.269 e. The zero-order chi connectivity index (χ0) is 22.1. The Morgan fingerprint density at radius 1 is 1.00 bits per heavy atom. The van der Waals surface area contributed by atoms with Gasteiger partial charge in [-0.25, -0.2) is 4.98 Å². The predicted molar refractivity (Wildman–Crippen MR) is 124 cm³/mol. The van der Waals surface area contributed by atoms with Crippen LogP contribution in [0.1, 0.15) is 29.7 Å². The van der Waals surface area contributed by atoms with E-state index in [0.29, 0.717) is 6.54 Å². The summed E-state index contributed by atoms with van der Waals surface area (Å²) in [5, 5.41) is 11.1. The number of nitro groups is 1. The maximum atomic E-state index is 11.1. The normalized spacial score (nSPS) is 19.9. The van der Waals surface area contributed by atoms with Gasteiger partial charge in [0.1, 0.15) is 5.82 Å². The molecule has 9 nitrogen and oxygen atoms in total. The number of aromatic nitrogens is 2. The van der Waals surface area contributed by atoms with Crippen LogP contribution < -0.4 is 9.80 Å². The Hall–Kier alpha value is -2.78. The Bertz CT molecular complexity index is 984. The van der Waals surface area contributed by atoms with Gasteiger partial charge >= 0.3 is 0 Å². The van der Waals surface area contributed by atoms with Crippen LogP contribution in [0.15, 0.2) is 24.3 Å². The Morgan fingerprint density at radius 2 is 1.78 bits per heavy atom. The number of non-ortho nitro benzene ring substituents is 1. The molecule has 9 heteroatoms. The van der Waals surface area contributed by atoms with E-state index in [2.05, 4.69) is 26.6 Å². The van der Waals surface area contributed by atoms with Crippen LogP contribution in [0.3, 0.4) is 0 Å². The quantitative estimate of drug-likeness (QED) is 0.521. The first kappa shape index (κ1) is 21.1. The van der Waals surface area contributed by atoms with E-state index < -0.39 is 0 Å². The van der Waals surface area contributed by atoms with Gasteiger partial charge in [-0.05, 0) is 25.5 Å². The van der Waals surface area contributed by atoms with Crippen LogP contribution in [0.2, 0.25) is 0 Å². The van der Waals surface area contributed by atoms with Crippen LogP contribution in [-0.4, -0.2) is 77.6 Å². The summed E-state index contributed by atoms with van der Waals surface area (Å²) in [6, 6.07) is 6.97. The van der Waals surface area contributed by atoms with E-state index in [4.69, 9.17) is 9.97 Å². The molecule has 0 aliphatic carbocycles. The third kappa shape index (κ3) is 4.40. The molecule has 0 unspecified atom stereocenters. The van der Waals surface area contributed by atoms with E-state index in [1.807, 2.05) is 6.07 Å². The maximum Gasteiger partial charge on any atom is 0.269 e. The summed E-state index contributed by atoms with van der Waals surface area (Å²) in [5.41, 5.74) is 3.53. The summed E-state index contributed by atoms with van der Waals surface area (Å²) in [7, 11) is 2.16. The fourth-order valence-corrected chi connectivity index (χ4v) is 4.94. The van der Waals surface area contributed by atoms with E-state index in [-0.39, 0.29) is 10.6 Å². The molecule has 0 amide bonds. The van der Waals surface area contributed by atoms with Crippen molar-refractivity contribution in [1.82, 2.24) is 19.8 Å². The number of hydrogen-bond donors (Lipinski definition) is 0. The minimum Gasteiger partial charge on any atom is -0.356 e. The average Bonchev–Trinajstić information content (AvgIpc) is 3.34.